The number of ether oxygens (including phenoxy) is 1. The van der Waals surface area contributed by atoms with Crippen LogP contribution in [0, 0.1) is 6.85 Å². The molecule has 0 unspecified atom stereocenters. The van der Waals surface area contributed by atoms with Crippen LogP contribution in [0.1, 0.15) is 99.6 Å². The predicted octanol–water partition coefficient (Wildman–Crippen LogP) is 16.1. The predicted molar refractivity (Wildman–Crippen MR) is 281 cm³/mol. The fourth-order valence-electron chi connectivity index (χ4n) is 9.16. The molecule has 0 atom stereocenters. The van der Waals surface area contributed by atoms with Crippen LogP contribution in [-0.4, -0.2) is 20.1 Å². The molecule has 0 fully saturated rings. The van der Waals surface area contributed by atoms with E-state index in [-0.39, 0.29) is 55.7 Å². The van der Waals surface area contributed by atoms with E-state index in [0.717, 1.165) is 22.4 Å². The van der Waals surface area contributed by atoms with E-state index in [1.165, 1.54) is 0 Å². The average molecular weight is 887 g/mol. The molecule has 10 aromatic rings. The summed E-state index contributed by atoms with van der Waals surface area (Å²) in [6, 6.07) is 34.4. The molecule has 1 aliphatic heterocycles. The van der Waals surface area contributed by atoms with Crippen LogP contribution in [0.5, 0.6) is 11.5 Å². The van der Waals surface area contributed by atoms with E-state index in [1.54, 1.807) is 29.0 Å². The van der Waals surface area contributed by atoms with E-state index >= 15 is 0 Å². The zero-order valence-corrected chi connectivity index (χ0v) is 39.1. The smallest absolute Gasteiger partial charge is 0.457 e. The number of rotatable bonds is 6. The fraction of sp³-hybridized carbons (Fsp3) is 0.213. The number of para-hydroxylation sites is 3. The lowest BCUT2D eigenvalue weighted by atomic mass is 9.80. The molecule has 0 saturated carbocycles. The van der Waals surface area contributed by atoms with Gasteiger partial charge in [0.2, 0.25) is 11.4 Å². The van der Waals surface area contributed by atoms with Gasteiger partial charge < -0.3 is 9.30 Å². The van der Waals surface area contributed by atoms with Crippen molar-refractivity contribution in [3.63, 3.8) is 0 Å². The lowest BCUT2D eigenvalue weighted by molar-refractivity contribution is 0.483. The fourth-order valence-corrected chi connectivity index (χ4v) is 9.16. The molecule has 0 saturated heterocycles. The van der Waals surface area contributed by atoms with Gasteiger partial charge in [0.1, 0.15) is 17.3 Å². The van der Waals surface area contributed by atoms with E-state index in [1.807, 2.05) is 86.5 Å². The van der Waals surface area contributed by atoms with Gasteiger partial charge in [0.15, 0.2) is 0 Å². The Morgan fingerprint density at radius 1 is 0.552 bits per heavy atom. The number of hydrogen-bond donors (Lipinski definition) is 0. The summed E-state index contributed by atoms with van der Waals surface area (Å²) in [7, 11) is 0. The number of fused-ring (bicyclic) bond motifs is 7. The number of aromatic nitrogens is 3. The summed E-state index contributed by atoms with van der Waals surface area (Å²) in [5.74, 6) is 1.54. The van der Waals surface area contributed by atoms with Crippen molar-refractivity contribution in [3.8, 4) is 23.0 Å². The number of nitrogens with zero attached hydrogens (tertiary/aromatic N) is 5. The first-order valence-corrected chi connectivity index (χ1v) is 22.6. The monoisotopic (exact) mass is 887 g/mol. The second-order valence-electron chi connectivity index (χ2n) is 20.4. The molecule has 1 aliphatic rings. The van der Waals surface area contributed by atoms with Crippen LogP contribution in [0.25, 0.3) is 55.1 Å². The Balaban J connectivity index is 1.13. The molecule has 330 valence electrons. The normalized spacial score (nSPS) is 15.7. The first-order valence-electron chi connectivity index (χ1n) is 28.1. The lowest BCUT2D eigenvalue weighted by Gasteiger charge is -2.24. The average Bonchev–Trinajstić information content (AvgIpc) is 4.17. The van der Waals surface area contributed by atoms with Gasteiger partial charge in [-0.25, -0.2) is 4.98 Å². The summed E-state index contributed by atoms with van der Waals surface area (Å²) < 4.78 is 112. The largest absolute Gasteiger partial charge is 0.503 e. The summed E-state index contributed by atoms with van der Waals surface area (Å²) >= 11 is 0. The van der Waals surface area contributed by atoms with Crippen LogP contribution in [0.15, 0.2) is 164 Å². The highest BCUT2D eigenvalue weighted by Gasteiger charge is 2.39. The Hall–Kier alpha value is -7.53. The van der Waals surface area contributed by atoms with Crippen molar-refractivity contribution >= 4 is 72.4 Å². The molecular formula is C61H57N5O+2. The summed E-state index contributed by atoms with van der Waals surface area (Å²) in [6.07, 6.45) is 1.76. The maximum Gasteiger partial charge on any atom is 0.503 e. The molecule has 4 heterocycles. The summed E-state index contributed by atoms with van der Waals surface area (Å²) in [6.45, 7) is 16.9. The highest BCUT2D eigenvalue weighted by Crippen LogP contribution is 2.44. The van der Waals surface area contributed by atoms with Gasteiger partial charge in [0.05, 0.1) is 44.8 Å². The van der Waals surface area contributed by atoms with Crippen LogP contribution < -0.4 is 13.9 Å². The number of hydrogen-bond acceptors (Lipinski definition) is 2. The van der Waals surface area contributed by atoms with Gasteiger partial charge in [-0.1, -0.05) is 129 Å². The highest BCUT2D eigenvalue weighted by molar-refractivity contribution is 6.16. The van der Waals surface area contributed by atoms with Crippen LogP contribution in [0.4, 0.5) is 22.7 Å². The van der Waals surface area contributed by atoms with Crippen molar-refractivity contribution in [2.75, 3.05) is 0 Å². The SMILES string of the molecule is [2H]c1c([2H])c([2H])c2c(c1[2H])c1c([2H])c([2H])c([2H])c([2H])c1n2-c1cccc2c1c1ccc(Oc3cccc([N+]4=C=[N+](c5cc(C(C)(C)C)cc(C(C)(C)C)c5)c5c4cccc5C([2H])([2H])[2H])c3)cc1n2-c1cc(C(C)(C)C)ccn1. The van der Waals surface area contributed by atoms with E-state index < -0.39 is 43.1 Å². The maximum atomic E-state index is 9.28. The van der Waals surface area contributed by atoms with E-state index in [2.05, 4.69) is 86.5 Å². The highest BCUT2D eigenvalue weighted by atomic mass is 16.5. The Morgan fingerprint density at radius 3 is 1.90 bits per heavy atom. The maximum absolute atomic E-state index is 9.28. The number of pyridine rings is 1. The van der Waals surface area contributed by atoms with Crippen molar-refractivity contribution in [1.82, 2.24) is 23.3 Å². The third-order valence-corrected chi connectivity index (χ3v) is 12.8. The van der Waals surface area contributed by atoms with Crippen molar-refractivity contribution in [2.24, 2.45) is 0 Å². The third kappa shape index (κ3) is 7.15. The molecule has 11 rings (SSSR count). The molecule has 0 spiro atoms. The van der Waals surface area contributed by atoms with Gasteiger partial charge in [-0.3, -0.25) is 4.57 Å². The van der Waals surface area contributed by atoms with Crippen LogP contribution >= 0.6 is 0 Å². The molecule has 0 radical (unpaired) electrons. The molecule has 67 heavy (non-hydrogen) atoms. The minimum atomic E-state index is -2.43. The van der Waals surface area contributed by atoms with Gasteiger partial charge in [0, 0.05) is 67.7 Å². The summed E-state index contributed by atoms with van der Waals surface area (Å²) in [5.41, 5.74) is 7.20. The topological polar surface area (TPSA) is 38.0 Å². The zero-order valence-electron chi connectivity index (χ0n) is 50.1. The lowest BCUT2D eigenvalue weighted by Crippen LogP contribution is -2.17. The van der Waals surface area contributed by atoms with Crippen molar-refractivity contribution in [2.45, 2.75) is 85.4 Å². The van der Waals surface area contributed by atoms with Crippen molar-refractivity contribution in [3.05, 3.63) is 186 Å². The van der Waals surface area contributed by atoms with E-state index in [9.17, 15) is 2.74 Å². The number of benzene rings is 7. The second kappa shape index (κ2) is 15.3. The molecule has 6 heteroatoms. The summed E-state index contributed by atoms with van der Waals surface area (Å²) in [5, 5.41) is 1.31. The molecule has 6 nitrogen and oxygen atoms in total. The summed E-state index contributed by atoms with van der Waals surface area (Å²) in [4.78, 5) is 4.92. The van der Waals surface area contributed by atoms with Crippen LogP contribution in [0.2, 0.25) is 0 Å². The molecular weight excluding hydrogens is 819 g/mol. The van der Waals surface area contributed by atoms with Gasteiger partial charge in [0.25, 0.3) is 5.69 Å². The second-order valence-corrected chi connectivity index (χ2v) is 20.4. The Morgan fingerprint density at radius 2 is 1.21 bits per heavy atom. The molecule has 3 aromatic heterocycles. The minimum absolute atomic E-state index is 0.0105. The van der Waals surface area contributed by atoms with Gasteiger partial charge >= 0.3 is 11.7 Å². The third-order valence-electron chi connectivity index (χ3n) is 12.8. The van der Waals surface area contributed by atoms with E-state index in [4.69, 9.17) is 22.1 Å². The molecule has 0 bridgehead atoms. The van der Waals surface area contributed by atoms with Crippen LogP contribution in [-0.2, 0) is 16.2 Å². The van der Waals surface area contributed by atoms with Gasteiger partial charge in [-0.15, -0.1) is 0 Å². The Bertz CT molecular complexity index is 4200. The van der Waals surface area contributed by atoms with Crippen molar-refractivity contribution in [1.29, 1.82) is 0 Å². The van der Waals surface area contributed by atoms with Gasteiger partial charge in [-0.05, 0) is 103 Å². The molecule has 7 aromatic carbocycles. The zero-order chi connectivity index (χ0) is 56.0. The van der Waals surface area contributed by atoms with Crippen molar-refractivity contribution < 1.29 is 19.8 Å². The first-order chi connectivity index (χ1) is 36.6. The standard InChI is InChI=1S/C61H57N5O/c1-39-18-15-27-54-58(39)64(44-33-41(60(5,6)7)32-42(34-44)61(8,9)10)38-63(54)43-19-16-20-45(36-43)67-46-28-29-49-55(37-46)66(56-35-40(30-31-62-56)59(2,3)4)53-26-17-25-52(57(49)53)65-50-23-13-11-21-47(50)48-22-12-14-24-51(48)65/h11-37H,1-10H3/q+2/i1D3,11D,12D,13D,14D,21D,22D,23D,24D. The molecule has 0 amide bonds. The Labute approximate surface area is 408 Å². The quantitative estimate of drug-likeness (QED) is 0.156. The first kappa shape index (κ1) is 31.4. The van der Waals surface area contributed by atoms with Crippen LogP contribution in [0.3, 0.4) is 0 Å². The molecule has 0 N–H and O–H groups in total. The minimum Gasteiger partial charge on any atom is -0.457 e. The van der Waals surface area contributed by atoms with E-state index in [0.29, 0.717) is 61.9 Å². The molecule has 0 aliphatic carbocycles. The van der Waals surface area contributed by atoms with Gasteiger partial charge in [-0.2, -0.15) is 0 Å². The Kier molecular flexibility index (Phi) is 7.15. The number of aryl methyl sites for hydroxylation is 1.